The zero-order valence-corrected chi connectivity index (χ0v) is 14.1. The molecule has 1 N–H and O–H groups in total. The third-order valence-electron chi connectivity index (χ3n) is 5.21. The molecule has 0 saturated carbocycles. The van der Waals surface area contributed by atoms with Crippen LogP contribution in [0, 0.1) is 13.8 Å². The van der Waals surface area contributed by atoms with Gasteiger partial charge in [0.15, 0.2) is 0 Å². The Bertz CT molecular complexity index is 494. The molecule has 3 nitrogen and oxygen atoms in total. The number of ether oxygens (including phenoxy) is 1. The Kier molecular flexibility index (Phi) is 4.95. The summed E-state index contributed by atoms with van der Waals surface area (Å²) >= 11 is 0. The number of methoxy groups -OCH3 is 1. The molecule has 0 aliphatic carbocycles. The van der Waals surface area contributed by atoms with Crippen LogP contribution in [0.15, 0.2) is 12.1 Å². The zero-order chi connectivity index (χ0) is 15.6. The van der Waals surface area contributed by atoms with Crippen molar-refractivity contribution in [2.75, 3.05) is 20.2 Å². The van der Waals surface area contributed by atoms with Gasteiger partial charge >= 0.3 is 0 Å². The van der Waals surface area contributed by atoms with Crippen molar-refractivity contribution in [1.82, 2.24) is 4.90 Å². The fraction of sp³-hybridized carbons (Fsp3) is 0.667. The Labute approximate surface area is 128 Å². The Balaban J connectivity index is 2.37. The standard InChI is InChI=1S/C18H29NO2/c1-6-18(4,19-9-7-8-10-19)17(20)15-11-14(3)16(21-5)12-13(15)2/h11-12,17,20H,6-10H2,1-5H3. The van der Waals surface area contributed by atoms with Crippen LogP contribution in [-0.2, 0) is 0 Å². The topological polar surface area (TPSA) is 32.7 Å². The SMILES string of the molecule is CCC(C)(C(O)c1cc(C)c(OC)cc1C)N1CCCC1. The van der Waals surface area contributed by atoms with Crippen LogP contribution < -0.4 is 4.74 Å². The number of hydrogen-bond acceptors (Lipinski definition) is 3. The molecule has 0 bridgehead atoms. The van der Waals surface area contributed by atoms with Crippen molar-refractivity contribution in [3.63, 3.8) is 0 Å². The first kappa shape index (κ1) is 16.3. The molecule has 1 fully saturated rings. The Morgan fingerprint density at radius 1 is 1.24 bits per heavy atom. The second kappa shape index (κ2) is 6.37. The maximum absolute atomic E-state index is 11.1. The van der Waals surface area contributed by atoms with E-state index in [1.165, 1.54) is 12.8 Å². The van der Waals surface area contributed by atoms with Gasteiger partial charge in [-0.25, -0.2) is 0 Å². The number of aliphatic hydroxyl groups is 1. The molecule has 0 spiro atoms. The molecule has 1 aromatic rings. The number of rotatable bonds is 5. The first-order valence-corrected chi connectivity index (χ1v) is 8.02. The Hall–Kier alpha value is -1.06. The fourth-order valence-corrected chi connectivity index (χ4v) is 3.48. The maximum atomic E-state index is 11.1. The summed E-state index contributed by atoms with van der Waals surface area (Å²) in [6.07, 6.45) is 2.95. The average molecular weight is 291 g/mol. The monoisotopic (exact) mass is 291 g/mol. The molecular weight excluding hydrogens is 262 g/mol. The summed E-state index contributed by atoms with van der Waals surface area (Å²) in [5.41, 5.74) is 3.02. The van der Waals surface area contributed by atoms with E-state index in [1.54, 1.807) is 7.11 Å². The van der Waals surface area contributed by atoms with E-state index in [1.807, 2.05) is 13.0 Å². The highest BCUT2D eigenvalue weighted by Gasteiger charge is 2.40. The lowest BCUT2D eigenvalue weighted by atomic mass is 9.83. The van der Waals surface area contributed by atoms with Crippen molar-refractivity contribution < 1.29 is 9.84 Å². The molecule has 2 unspecified atom stereocenters. The minimum absolute atomic E-state index is 0.192. The summed E-state index contributed by atoms with van der Waals surface area (Å²) in [4.78, 5) is 2.46. The maximum Gasteiger partial charge on any atom is 0.122 e. The van der Waals surface area contributed by atoms with Crippen LogP contribution >= 0.6 is 0 Å². The molecule has 3 heteroatoms. The summed E-state index contributed by atoms with van der Waals surface area (Å²) in [5, 5.41) is 11.1. The molecule has 21 heavy (non-hydrogen) atoms. The van der Waals surface area contributed by atoms with Crippen molar-refractivity contribution in [3.05, 3.63) is 28.8 Å². The normalized spacial score (nSPS) is 20.3. The predicted octanol–water partition coefficient (Wildman–Crippen LogP) is 3.61. The van der Waals surface area contributed by atoms with E-state index >= 15 is 0 Å². The molecule has 1 aliphatic rings. The first-order chi connectivity index (χ1) is 9.93. The molecule has 1 saturated heterocycles. The van der Waals surface area contributed by atoms with Gasteiger partial charge in [-0.2, -0.15) is 0 Å². The van der Waals surface area contributed by atoms with Gasteiger partial charge in [-0.05, 0) is 81.9 Å². The Morgan fingerprint density at radius 3 is 2.38 bits per heavy atom. The van der Waals surface area contributed by atoms with Crippen LogP contribution in [0.1, 0.15) is 55.9 Å². The van der Waals surface area contributed by atoms with Crippen LogP contribution in [0.3, 0.4) is 0 Å². The van der Waals surface area contributed by atoms with Gasteiger partial charge in [-0.3, -0.25) is 4.90 Å². The van der Waals surface area contributed by atoms with Gasteiger partial charge in [0.1, 0.15) is 5.75 Å². The number of nitrogens with zero attached hydrogens (tertiary/aromatic N) is 1. The van der Waals surface area contributed by atoms with E-state index in [4.69, 9.17) is 4.74 Å². The van der Waals surface area contributed by atoms with Crippen molar-refractivity contribution in [1.29, 1.82) is 0 Å². The van der Waals surface area contributed by atoms with Gasteiger partial charge < -0.3 is 9.84 Å². The lowest BCUT2D eigenvalue weighted by molar-refractivity contribution is -0.0143. The van der Waals surface area contributed by atoms with Crippen molar-refractivity contribution >= 4 is 0 Å². The number of benzene rings is 1. The molecular formula is C18H29NO2. The third-order valence-corrected chi connectivity index (χ3v) is 5.21. The van der Waals surface area contributed by atoms with Gasteiger partial charge in [0.2, 0.25) is 0 Å². The second-order valence-corrected chi connectivity index (χ2v) is 6.49. The summed E-state index contributed by atoms with van der Waals surface area (Å²) < 4.78 is 5.38. The molecule has 0 aromatic heterocycles. The molecule has 118 valence electrons. The number of hydrogen-bond donors (Lipinski definition) is 1. The first-order valence-electron chi connectivity index (χ1n) is 8.02. The van der Waals surface area contributed by atoms with Crippen molar-refractivity contribution in [2.24, 2.45) is 0 Å². The second-order valence-electron chi connectivity index (χ2n) is 6.49. The highest BCUT2D eigenvalue weighted by Crippen LogP contribution is 2.39. The Morgan fingerprint density at radius 2 is 1.86 bits per heavy atom. The molecule has 1 aromatic carbocycles. The minimum atomic E-state index is -0.467. The lowest BCUT2D eigenvalue weighted by Crippen LogP contribution is -2.49. The highest BCUT2D eigenvalue weighted by molar-refractivity contribution is 5.43. The summed E-state index contributed by atoms with van der Waals surface area (Å²) in [6, 6.07) is 4.12. The van der Waals surface area contributed by atoms with Gasteiger partial charge in [-0.1, -0.05) is 6.92 Å². The molecule has 2 rings (SSSR count). The van der Waals surface area contributed by atoms with E-state index in [0.29, 0.717) is 0 Å². The van der Waals surface area contributed by atoms with Crippen molar-refractivity contribution in [2.45, 2.75) is 58.6 Å². The smallest absolute Gasteiger partial charge is 0.122 e. The largest absolute Gasteiger partial charge is 0.496 e. The third kappa shape index (κ3) is 2.95. The number of aryl methyl sites for hydroxylation is 2. The number of likely N-dealkylation sites (tertiary alicyclic amines) is 1. The summed E-state index contributed by atoms with van der Waals surface area (Å²) in [7, 11) is 1.69. The van der Waals surface area contributed by atoms with Gasteiger partial charge in [0.05, 0.1) is 13.2 Å². The predicted molar refractivity (Wildman–Crippen MR) is 86.9 cm³/mol. The molecule has 1 aliphatic heterocycles. The van der Waals surface area contributed by atoms with Gasteiger partial charge in [-0.15, -0.1) is 0 Å². The average Bonchev–Trinajstić information content (AvgIpc) is 3.02. The molecule has 0 amide bonds. The van der Waals surface area contributed by atoms with Crippen LogP contribution in [0.2, 0.25) is 0 Å². The van der Waals surface area contributed by atoms with Crippen LogP contribution in [0.25, 0.3) is 0 Å². The minimum Gasteiger partial charge on any atom is -0.496 e. The van der Waals surface area contributed by atoms with E-state index in [9.17, 15) is 5.11 Å². The summed E-state index contributed by atoms with van der Waals surface area (Å²) in [5.74, 6) is 0.892. The molecule has 2 atom stereocenters. The quantitative estimate of drug-likeness (QED) is 0.899. The van der Waals surface area contributed by atoms with Gasteiger partial charge in [0, 0.05) is 5.54 Å². The van der Waals surface area contributed by atoms with Crippen LogP contribution in [-0.4, -0.2) is 35.7 Å². The van der Waals surface area contributed by atoms with E-state index in [0.717, 1.165) is 42.0 Å². The van der Waals surface area contributed by atoms with Crippen LogP contribution in [0.5, 0.6) is 5.75 Å². The van der Waals surface area contributed by atoms with E-state index in [-0.39, 0.29) is 5.54 Å². The lowest BCUT2D eigenvalue weighted by Gasteiger charge is -2.42. The zero-order valence-electron chi connectivity index (χ0n) is 14.1. The van der Waals surface area contributed by atoms with Crippen LogP contribution in [0.4, 0.5) is 0 Å². The molecule has 1 heterocycles. The molecule has 0 radical (unpaired) electrons. The number of aliphatic hydroxyl groups excluding tert-OH is 1. The van der Waals surface area contributed by atoms with E-state index < -0.39 is 6.10 Å². The fourth-order valence-electron chi connectivity index (χ4n) is 3.48. The summed E-state index contributed by atoms with van der Waals surface area (Å²) in [6.45, 7) is 10.6. The van der Waals surface area contributed by atoms with Gasteiger partial charge in [0.25, 0.3) is 0 Å². The van der Waals surface area contributed by atoms with E-state index in [2.05, 4.69) is 31.7 Å². The van der Waals surface area contributed by atoms with Crippen molar-refractivity contribution in [3.8, 4) is 5.75 Å². The highest BCUT2D eigenvalue weighted by atomic mass is 16.5.